The summed E-state index contributed by atoms with van der Waals surface area (Å²) in [7, 11) is 0. The molecule has 0 aromatic carbocycles. The third kappa shape index (κ3) is 4.10. The largest absolute Gasteiger partial charge is 0.311 e. The van der Waals surface area contributed by atoms with E-state index in [9.17, 15) is 0 Å². The van der Waals surface area contributed by atoms with Gasteiger partial charge in [0.2, 0.25) is 0 Å². The average Bonchev–Trinajstić information content (AvgIpc) is 2.19. The summed E-state index contributed by atoms with van der Waals surface area (Å²) in [5.41, 5.74) is 0. The van der Waals surface area contributed by atoms with Crippen LogP contribution in [0, 0.1) is 6.92 Å². The highest BCUT2D eigenvalue weighted by Crippen LogP contribution is 2.07. The topological polar surface area (TPSA) is 15.3 Å². The van der Waals surface area contributed by atoms with Crippen molar-refractivity contribution in [2.45, 2.75) is 38.6 Å². The zero-order chi connectivity index (χ0) is 9.52. The molecule has 0 aromatic rings. The van der Waals surface area contributed by atoms with Crippen LogP contribution in [0.1, 0.15) is 32.6 Å². The first-order valence-corrected chi connectivity index (χ1v) is 5.61. The smallest absolute Gasteiger partial charge is 0.0195 e. The van der Waals surface area contributed by atoms with Crippen molar-refractivity contribution in [2.75, 3.05) is 26.2 Å². The summed E-state index contributed by atoms with van der Waals surface area (Å²) in [4.78, 5) is 2.44. The molecule has 13 heavy (non-hydrogen) atoms. The molecule has 1 radical (unpaired) electrons. The van der Waals surface area contributed by atoms with Gasteiger partial charge in [0.15, 0.2) is 0 Å². The summed E-state index contributed by atoms with van der Waals surface area (Å²) in [6, 6.07) is 0.724. The van der Waals surface area contributed by atoms with Crippen LogP contribution in [0.3, 0.4) is 0 Å². The van der Waals surface area contributed by atoms with Crippen LogP contribution in [0.2, 0.25) is 0 Å². The van der Waals surface area contributed by atoms with Crippen LogP contribution < -0.4 is 5.32 Å². The van der Waals surface area contributed by atoms with Crippen molar-refractivity contribution < 1.29 is 0 Å². The lowest BCUT2D eigenvalue weighted by molar-refractivity contribution is 0.209. The third-order valence-electron chi connectivity index (χ3n) is 2.81. The Balaban J connectivity index is 2.11. The minimum absolute atomic E-state index is 0.724. The second-order valence-electron chi connectivity index (χ2n) is 3.95. The summed E-state index contributed by atoms with van der Waals surface area (Å²) >= 11 is 0. The number of hydrogen-bond donors (Lipinski definition) is 1. The molecule has 0 bridgehead atoms. The van der Waals surface area contributed by atoms with E-state index in [1.807, 2.05) is 0 Å². The minimum atomic E-state index is 0.724. The van der Waals surface area contributed by atoms with Crippen LogP contribution in [0.25, 0.3) is 0 Å². The molecule has 0 aliphatic carbocycles. The lowest BCUT2D eigenvalue weighted by Gasteiger charge is -2.32. The Labute approximate surface area is 82.7 Å². The Morgan fingerprint density at radius 1 is 1.46 bits per heavy atom. The molecule has 1 aliphatic heterocycles. The van der Waals surface area contributed by atoms with Crippen LogP contribution in [0.4, 0.5) is 0 Å². The summed E-state index contributed by atoms with van der Waals surface area (Å²) in [6.45, 7) is 10.7. The van der Waals surface area contributed by atoms with Crippen molar-refractivity contribution >= 4 is 0 Å². The highest BCUT2D eigenvalue weighted by Gasteiger charge is 2.16. The van der Waals surface area contributed by atoms with E-state index in [-0.39, 0.29) is 0 Å². The molecule has 0 amide bonds. The molecular formula is C11H23N2. The van der Waals surface area contributed by atoms with Gasteiger partial charge in [0.05, 0.1) is 0 Å². The summed E-state index contributed by atoms with van der Waals surface area (Å²) in [6.07, 6.45) is 5.41. The van der Waals surface area contributed by atoms with Crippen molar-refractivity contribution in [1.29, 1.82) is 0 Å². The van der Waals surface area contributed by atoms with Crippen molar-refractivity contribution in [3.63, 3.8) is 0 Å². The fraction of sp³-hybridized carbons (Fsp3) is 0.909. The van der Waals surface area contributed by atoms with Gasteiger partial charge in [-0.1, -0.05) is 26.2 Å². The monoisotopic (exact) mass is 183 g/mol. The van der Waals surface area contributed by atoms with Crippen LogP contribution in [-0.2, 0) is 0 Å². The highest BCUT2D eigenvalue weighted by molar-refractivity contribution is 4.78. The van der Waals surface area contributed by atoms with Gasteiger partial charge >= 0.3 is 0 Å². The Hall–Kier alpha value is -0.0800. The number of hydrogen-bond acceptors (Lipinski definition) is 2. The molecule has 0 aromatic heterocycles. The van der Waals surface area contributed by atoms with Crippen molar-refractivity contribution in [3.05, 3.63) is 6.92 Å². The fourth-order valence-electron chi connectivity index (χ4n) is 1.93. The number of piperazine rings is 1. The number of unbranched alkanes of at least 4 members (excludes halogenated alkanes) is 2. The van der Waals surface area contributed by atoms with E-state index in [0.717, 1.165) is 19.1 Å². The lowest BCUT2D eigenvalue weighted by atomic mass is 10.1. The molecule has 0 saturated carbocycles. The molecule has 0 spiro atoms. The van der Waals surface area contributed by atoms with Gasteiger partial charge in [0, 0.05) is 25.7 Å². The predicted octanol–water partition coefficient (Wildman–Crippen LogP) is 1.67. The summed E-state index contributed by atoms with van der Waals surface area (Å²) < 4.78 is 0. The normalized spacial score (nSPS) is 24.9. The molecule has 1 saturated heterocycles. The van der Waals surface area contributed by atoms with Crippen LogP contribution in [0.5, 0.6) is 0 Å². The van der Waals surface area contributed by atoms with Crippen molar-refractivity contribution in [3.8, 4) is 0 Å². The third-order valence-corrected chi connectivity index (χ3v) is 2.81. The number of rotatable bonds is 5. The second-order valence-corrected chi connectivity index (χ2v) is 3.95. The van der Waals surface area contributed by atoms with Gasteiger partial charge in [-0.15, -0.1) is 0 Å². The fourth-order valence-corrected chi connectivity index (χ4v) is 1.93. The van der Waals surface area contributed by atoms with Gasteiger partial charge in [0.25, 0.3) is 0 Å². The minimum Gasteiger partial charge on any atom is -0.311 e. The van der Waals surface area contributed by atoms with E-state index >= 15 is 0 Å². The van der Waals surface area contributed by atoms with Gasteiger partial charge in [-0.25, -0.2) is 0 Å². The predicted molar refractivity (Wildman–Crippen MR) is 57.7 cm³/mol. The zero-order valence-corrected chi connectivity index (χ0v) is 8.89. The Kier molecular flexibility index (Phi) is 5.40. The van der Waals surface area contributed by atoms with E-state index < -0.39 is 0 Å². The maximum Gasteiger partial charge on any atom is 0.0195 e. The van der Waals surface area contributed by atoms with Crippen LogP contribution in [-0.4, -0.2) is 37.1 Å². The van der Waals surface area contributed by atoms with Gasteiger partial charge in [-0.3, -0.25) is 0 Å². The lowest BCUT2D eigenvalue weighted by Crippen LogP contribution is -2.50. The standard InChI is InChI=1S/C11H23N2/c1-3-5-6-7-11-10-13(4-2)9-8-12-11/h11-12H,2-10H2,1H3. The molecule has 1 aliphatic rings. The van der Waals surface area contributed by atoms with Crippen molar-refractivity contribution in [2.24, 2.45) is 0 Å². The average molecular weight is 183 g/mol. The highest BCUT2D eigenvalue weighted by atomic mass is 15.2. The molecular weight excluding hydrogens is 160 g/mol. The first kappa shape index (κ1) is 11.0. The quantitative estimate of drug-likeness (QED) is 0.652. The SMILES string of the molecule is [CH2]CN1CCNC(CCCCC)C1. The number of nitrogens with one attached hydrogen (secondary N) is 1. The maximum absolute atomic E-state index is 3.94. The van der Waals surface area contributed by atoms with Crippen LogP contribution in [0.15, 0.2) is 0 Å². The van der Waals surface area contributed by atoms with E-state index in [0.29, 0.717) is 0 Å². The molecule has 2 nitrogen and oxygen atoms in total. The first-order valence-electron chi connectivity index (χ1n) is 5.61. The van der Waals surface area contributed by atoms with Crippen LogP contribution >= 0.6 is 0 Å². The second kappa shape index (κ2) is 6.39. The van der Waals surface area contributed by atoms with E-state index in [2.05, 4.69) is 24.1 Å². The Morgan fingerprint density at radius 2 is 2.31 bits per heavy atom. The van der Waals surface area contributed by atoms with E-state index in [4.69, 9.17) is 0 Å². The molecule has 1 atom stereocenters. The van der Waals surface area contributed by atoms with Gasteiger partial charge in [-0.2, -0.15) is 0 Å². The summed E-state index contributed by atoms with van der Waals surface area (Å²) in [5.74, 6) is 0. The van der Waals surface area contributed by atoms with Crippen molar-refractivity contribution in [1.82, 2.24) is 10.2 Å². The molecule has 77 valence electrons. The summed E-state index contributed by atoms with van der Waals surface area (Å²) in [5, 5.41) is 3.57. The Morgan fingerprint density at radius 3 is 3.00 bits per heavy atom. The zero-order valence-electron chi connectivity index (χ0n) is 8.89. The molecule has 2 heteroatoms. The maximum atomic E-state index is 3.94. The van der Waals surface area contributed by atoms with E-state index in [1.54, 1.807) is 0 Å². The molecule has 1 heterocycles. The van der Waals surface area contributed by atoms with Gasteiger partial charge in [0.1, 0.15) is 0 Å². The first-order chi connectivity index (χ1) is 6.36. The molecule has 1 N–H and O–H groups in total. The number of nitrogens with zero attached hydrogens (tertiary/aromatic N) is 1. The molecule has 1 unspecified atom stereocenters. The molecule has 1 rings (SSSR count). The van der Waals surface area contributed by atoms with Gasteiger partial charge < -0.3 is 10.2 Å². The van der Waals surface area contributed by atoms with Gasteiger partial charge in [-0.05, 0) is 19.9 Å². The Bertz CT molecular complexity index is 125. The molecule has 1 fully saturated rings. The van der Waals surface area contributed by atoms with E-state index in [1.165, 1.54) is 38.8 Å².